The Hall–Kier alpha value is -1.60. The highest BCUT2D eigenvalue weighted by Gasteiger charge is 2.42. The minimum atomic E-state index is -0.108. The van der Waals surface area contributed by atoms with Crippen LogP contribution >= 0.6 is 11.6 Å². The van der Waals surface area contributed by atoms with Gasteiger partial charge in [0.2, 0.25) is 5.91 Å². The second kappa shape index (κ2) is 7.33. The fraction of sp³-hybridized carbons (Fsp3) is 0.706. The number of hydrogen-bond acceptors (Lipinski definition) is 4. The van der Waals surface area contributed by atoms with Gasteiger partial charge in [0.1, 0.15) is 0 Å². The summed E-state index contributed by atoms with van der Waals surface area (Å²) in [6, 6.07) is 0. The number of nitrogens with zero attached hydrogens (tertiary/aromatic N) is 4. The van der Waals surface area contributed by atoms with Crippen molar-refractivity contribution in [3.63, 3.8) is 0 Å². The average Bonchev–Trinajstić information content (AvgIpc) is 2.94. The summed E-state index contributed by atoms with van der Waals surface area (Å²) in [7, 11) is 3.40. The molecule has 0 radical (unpaired) electrons. The summed E-state index contributed by atoms with van der Waals surface area (Å²) in [4.78, 5) is 28.5. The van der Waals surface area contributed by atoms with Crippen LogP contribution in [0.25, 0.3) is 0 Å². The highest BCUT2D eigenvalue weighted by Crippen LogP contribution is 2.40. The van der Waals surface area contributed by atoms with E-state index in [1.54, 1.807) is 25.0 Å². The van der Waals surface area contributed by atoms with Crippen molar-refractivity contribution >= 4 is 23.4 Å². The van der Waals surface area contributed by atoms with Crippen molar-refractivity contribution in [3.8, 4) is 0 Å². The maximum atomic E-state index is 12.6. The van der Waals surface area contributed by atoms with Crippen molar-refractivity contribution in [2.24, 2.45) is 12.5 Å². The van der Waals surface area contributed by atoms with E-state index in [1.807, 2.05) is 9.80 Å². The molecule has 0 unspecified atom stereocenters. The summed E-state index contributed by atoms with van der Waals surface area (Å²) >= 11 is 6.10. The number of hydrogen-bond donors (Lipinski definition) is 0. The molecule has 3 rings (SSSR count). The van der Waals surface area contributed by atoms with Crippen LogP contribution in [0.15, 0.2) is 6.20 Å². The number of methoxy groups -OCH3 is 1. The molecular weight excluding hydrogens is 344 g/mol. The molecule has 0 N–H and O–H groups in total. The number of carbonyl (C=O) groups is 2. The first-order valence-electron chi connectivity index (χ1n) is 8.69. The molecule has 2 amide bonds. The van der Waals surface area contributed by atoms with E-state index in [0.29, 0.717) is 43.4 Å². The number of halogens is 1. The van der Waals surface area contributed by atoms with Gasteiger partial charge in [-0.3, -0.25) is 14.3 Å². The van der Waals surface area contributed by atoms with Gasteiger partial charge in [0.05, 0.1) is 11.6 Å². The van der Waals surface area contributed by atoms with Crippen molar-refractivity contribution < 1.29 is 14.3 Å². The lowest BCUT2D eigenvalue weighted by atomic mass is 9.72. The maximum absolute atomic E-state index is 12.6. The molecule has 1 spiro atoms. The molecule has 0 saturated carbocycles. The number of amides is 2. The fourth-order valence-corrected chi connectivity index (χ4v) is 4.11. The van der Waals surface area contributed by atoms with E-state index >= 15 is 0 Å². The van der Waals surface area contributed by atoms with Gasteiger partial charge in [-0.2, -0.15) is 5.10 Å². The fourth-order valence-electron chi connectivity index (χ4n) is 3.85. The van der Waals surface area contributed by atoms with Crippen molar-refractivity contribution in [2.75, 3.05) is 39.9 Å². The van der Waals surface area contributed by atoms with Crippen molar-refractivity contribution in [1.82, 2.24) is 19.6 Å². The van der Waals surface area contributed by atoms with Gasteiger partial charge in [0.15, 0.2) is 5.69 Å². The molecule has 1 aromatic rings. The lowest BCUT2D eigenvalue weighted by Gasteiger charge is -2.47. The molecule has 0 bridgehead atoms. The Labute approximate surface area is 152 Å². The summed E-state index contributed by atoms with van der Waals surface area (Å²) < 4.78 is 6.67. The molecule has 8 heteroatoms. The van der Waals surface area contributed by atoms with Crippen molar-refractivity contribution in [2.45, 2.75) is 25.7 Å². The molecule has 0 aliphatic carbocycles. The van der Waals surface area contributed by atoms with E-state index < -0.39 is 0 Å². The third kappa shape index (κ3) is 3.82. The molecule has 2 fully saturated rings. The van der Waals surface area contributed by atoms with Crippen molar-refractivity contribution in [1.29, 1.82) is 0 Å². The zero-order valence-electron chi connectivity index (χ0n) is 14.8. The average molecular weight is 369 g/mol. The largest absolute Gasteiger partial charge is 0.383 e. The monoisotopic (exact) mass is 368 g/mol. The first-order valence-corrected chi connectivity index (χ1v) is 9.07. The number of aryl methyl sites for hydroxylation is 1. The number of piperidine rings is 2. The van der Waals surface area contributed by atoms with Gasteiger partial charge in [-0.05, 0) is 24.7 Å². The van der Waals surface area contributed by atoms with Gasteiger partial charge >= 0.3 is 0 Å². The van der Waals surface area contributed by atoms with E-state index in [4.69, 9.17) is 16.3 Å². The minimum absolute atomic E-state index is 0.108. The van der Waals surface area contributed by atoms with Gasteiger partial charge in [0, 0.05) is 53.0 Å². The van der Waals surface area contributed by atoms with Crippen LogP contribution in [0.1, 0.15) is 36.2 Å². The molecule has 2 saturated heterocycles. The highest BCUT2D eigenvalue weighted by atomic mass is 35.5. The Morgan fingerprint density at radius 2 is 2.08 bits per heavy atom. The SMILES string of the molecule is COCCN1CC2(CCC1=O)CCN(C(=O)c1nn(C)cc1Cl)CC2. The van der Waals surface area contributed by atoms with Crippen molar-refractivity contribution in [3.05, 3.63) is 16.9 Å². The Kier molecular flexibility index (Phi) is 5.34. The van der Waals surface area contributed by atoms with Crippen LogP contribution in [0.3, 0.4) is 0 Å². The van der Waals surface area contributed by atoms with Gasteiger partial charge in [-0.25, -0.2) is 0 Å². The molecule has 138 valence electrons. The van der Waals surface area contributed by atoms with Crippen LogP contribution in [-0.2, 0) is 16.6 Å². The predicted molar refractivity (Wildman–Crippen MR) is 93.5 cm³/mol. The second-order valence-corrected chi connectivity index (χ2v) is 7.51. The third-order valence-electron chi connectivity index (χ3n) is 5.41. The first kappa shape index (κ1) is 18.2. The maximum Gasteiger partial charge on any atom is 0.275 e. The quantitative estimate of drug-likeness (QED) is 0.809. The van der Waals surface area contributed by atoms with Crippen LogP contribution in [-0.4, -0.2) is 71.3 Å². The number of ether oxygens (including phenoxy) is 1. The molecule has 3 heterocycles. The zero-order valence-corrected chi connectivity index (χ0v) is 15.6. The van der Waals surface area contributed by atoms with Gasteiger partial charge in [-0.15, -0.1) is 0 Å². The van der Waals surface area contributed by atoms with Crippen LogP contribution < -0.4 is 0 Å². The molecule has 25 heavy (non-hydrogen) atoms. The molecule has 0 atom stereocenters. The summed E-state index contributed by atoms with van der Waals surface area (Å²) in [6.07, 6.45) is 4.94. The Morgan fingerprint density at radius 3 is 2.68 bits per heavy atom. The van der Waals surface area contributed by atoms with Crippen LogP contribution in [0.4, 0.5) is 0 Å². The Morgan fingerprint density at radius 1 is 1.36 bits per heavy atom. The Balaban J connectivity index is 1.62. The van der Waals surface area contributed by atoms with Gasteiger partial charge in [0.25, 0.3) is 5.91 Å². The lowest BCUT2D eigenvalue weighted by Crippen LogP contribution is -2.53. The standard InChI is InChI=1S/C17H25ClN4O3/c1-20-11-13(18)15(19-20)16(24)21-7-5-17(6-8-21)4-3-14(23)22(12-17)9-10-25-2/h11H,3-10,12H2,1-2H3. The summed E-state index contributed by atoms with van der Waals surface area (Å²) in [5.41, 5.74) is 0.437. The summed E-state index contributed by atoms with van der Waals surface area (Å²) in [5, 5.41) is 4.56. The van der Waals surface area contributed by atoms with Crippen LogP contribution in [0, 0.1) is 5.41 Å². The third-order valence-corrected chi connectivity index (χ3v) is 5.69. The van der Waals surface area contributed by atoms with Crippen LogP contribution in [0.5, 0.6) is 0 Å². The van der Waals surface area contributed by atoms with E-state index in [9.17, 15) is 9.59 Å². The van der Waals surface area contributed by atoms with E-state index in [0.717, 1.165) is 25.8 Å². The predicted octanol–water partition coefficient (Wildman–Crippen LogP) is 1.56. The Bertz CT molecular complexity index is 652. The molecular formula is C17H25ClN4O3. The smallest absolute Gasteiger partial charge is 0.275 e. The number of aromatic nitrogens is 2. The molecule has 2 aliphatic heterocycles. The summed E-state index contributed by atoms with van der Waals surface area (Å²) in [6.45, 7) is 3.32. The highest BCUT2D eigenvalue weighted by molar-refractivity contribution is 6.33. The van der Waals surface area contributed by atoms with E-state index in [1.165, 1.54) is 0 Å². The van der Waals surface area contributed by atoms with Gasteiger partial charge in [-0.1, -0.05) is 11.6 Å². The van der Waals surface area contributed by atoms with E-state index in [2.05, 4.69) is 5.10 Å². The second-order valence-electron chi connectivity index (χ2n) is 7.10. The number of likely N-dealkylation sites (tertiary alicyclic amines) is 2. The van der Waals surface area contributed by atoms with E-state index in [-0.39, 0.29) is 17.2 Å². The van der Waals surface area contributed by atoms with Gasteiger partial charge < -0.3 is 14.5 Å². The topological polar surface area (TPSA) is 67.7 Å². The normalized spacial score (nSPS) is 20.4. The minimum Gasteiger partial charge on any atom is -0.383 e. The lowest BCUT2D eigenvalue weighted by molar-refractivity contribution is -0.139. The molecule has 1 aromatic heterocycles. The number of rotatable bonds is 4. The zero-order chi connectivity index (χ0) is 18.0. The molecule has 7 nitrogen and oxygen atoms in total. The summed E-state index contributed by atoms with van der Waals surface area (Å²) in [5.74, 6) is 0.102. The molecule has 0 aromatic carbocycles. The van der Waals surface area contributed by atoms with Crippen LogP contribution in [0.2, 0.25) is 5.02 Å². The number of carbonyl (C=O) groups excluding carboxylic acids is 2. The molecule has 2 aliphatic rings. The first-order chi connectivity index (χ1) is 11.9.